The quantitative estimate of drug-likeness (QED) is 0.766. The summed E-state index contributed by atoms with van der Waals surface area (Å²) in [4.78, 5) is 28.3. The van der Waals surface area contributed by atoms with Gasteiger partial charge in [0.05, 0.1) is 5.69 Å². The number of allylic oxidation sites excluding steroid dienone is 3. The van der Waals surface area contributed by atoms with Gasteiger partial charge < -0.3 is 15.5 Å². The van der Waals surface area contributed by atoms with Gasteiger partial charge >= 0.3 is 0 Å². The molecule has 1 aliphatic heterocycles. The lowest BCUT2D eigenvalue weighted by Crippen LogP contribution is -2.35. The number of carbonyl (C=O) groups excluding carboxylic acids is 2. The summed E-state index contributed by atoms with van der Waals surface area (Å²) in [7, 11) is 3.92. The lowest BCUT2D eigenvalue weighted by molar-refractivity contribution is -0.116. The third-order valence-corrected chi connectivity index (χ3v) is 5.89. The molecule has 4 rings (SSSR count). The van der Waals surface area contributed by atoms with E-state index in [0.717, 1.165) is 29.8 Å². The minimum Gasteiger partial charge on any atom is -0.378 e. The lowest BCUT2D eigenvalue weighted by atomic mass is 9.75. The topological polar surface area (TPSA) is 61.4 Å². The molecule has 2 aromatic rings. The van der Waals surface area contributed by atoms with Crippen molar-refractivity contribution in [2.45, 2.75) is 32.1 Å². The Kier molecular flexibility index (Phi) is 5.63. The van der Waals surface area contributed by atoms with Crippen LogP contribution in [0.1, 0.15) is 37.7 Å². The minimum atomic E-state index is -0.501. The summed E-state index contributed by atoms with van der Waals surface area (Å²) in [5, 5.41) is 5.98. The molecule has 1 aliphatic carbocycles. The Morgan fingerprint density at radius 3 is 2.48 bits per heavy atom. The summed E-state index contributed by atoms with van der Waals surface area (Å²) in [5.74, 6) is -1.36. The van der Waals surface area contributed by atoms with Crippen molar-refractivity contribution in [3.8, 4) is 0 Å². The molecule has 0 radical (unpaired) electrons. The molecule has 0 aromatic heterocycles. The fourth-order valence-electron chi connectivity index (χ4n) is 4.33. The third kappa shape index (κ3) is 3.98. The van der Waals surface area contributed by atoms with Crippen LogP contribution < -0.4 is 15.5 Å². The first-order valence-corrected chi connectivity index (χ1v) is 10.4. The Hall–Kier alpha value is -3.41. The van der Waals surface area contributed by atoms with E-state index in [-0.39, 0.29) is 11.5 Å². The van der Waals surface area contributed by atoms with E-state index >= 15 is 0 Å². The largest absolute Gasteiger partial charge is 0.378 e. The van der Waals surface area contributed by atoms with Gasteiger partial charge in [-0.05, 0) is 49.6 Å². The van der Waals surface area contributed by atoms with E-state index in [2.05, 4.69) is 10.6 Å². The first-order valence-electron chi connectivity index (χ1n) is 10.4. The van der Waals surface area contributed by atoms with Crippen LogP contribution in [0.2, 0.25) is 0 Å². The molecular formula is C25H26FN3O2. The fourth-order valence-corrected chi connectivity index (χ4v) is 4.33. The van der Waals surface area contributed by atoms with Gasteiger partial charge in [0.1, 0.15) is 5.82 Å². The van der Waals surface area contributed by atoms with Crippen molar-refractivity contribution in [2.24, 2.45) is 0 Å². The number of benzene rings is 2. The van der Waals surface area contributed by atoms with Crippen molar-refractivity contribution in [3.05, 3.63) is 82.5 Å². The van der Waals surface area contributed by atoms with Crippen LogP contribution in [-0.4, -0.2) is 25.8 Å². The standard InChI is InChI=1S/C25H26FN3O2/c1-15-22(25(31)28-19-8-5-4-7-18(19)26)23(16-11-13-17(14-12-16)29(2)3)24-20(27-15)9-6-10-21(24)30/h4-5,7-8,11-14,23,27H,6,9-10H2,1-3H3,(H,28,31). The van der Waals surface area contributed by atoms with Crippen LogP contribution in [-0.2, 0) is 9.59 Å². The minimum absolute atomic E-state index is 0.0547. The normalized spacial score (nSPS) is 18.5. The molecular weight excluding hydrogens is 393 g/mol. The second-order valence-electron chi connectivity index (χ2n) is 8.19. The van der Waals surface area contributed by atoms with Crippen LogP contribution in [0.5, 0.6) is 0 Å². The number of carbonyl (C=O) groups is 2. The van der Waals surface area contributed by atoms with Crippen LogP contribution in [0.4, 0.5) is 15.8 Å². The number of amides is 1. The molecule has 2 aliphatic rings. The summed E-state index contributed by atoms with van der Waals surface area (Å²) in [6, 6.07) is 13.9. The number of Topliss-reactive ketones (excluding diaryl/α,β-unsaturated/α-hetero) is 1. The van der Waals surface area contributed by atoms with Crippen molar-refractivity contribution in [1.82, 2.24) is 5.32 Å². The van der Waals surface area contributed by atoms with Crippen molar-refractivity contribution in [3.63, 3.8) is 0 Å². The molecule has 2 aromatic carbocycles. The van der Waals surface area contributed by atoms with Gasteiger partial charge in [-0.2, -0.15) is 0 Å². The average molecular weight is 420 g/mol. The Balaban J connectivity index is 1.79. The van der Waals surface area contributed by atoms with Gasteiger partial charge in [-0.3, -0.25) is 9.59 Å². The zero-order valence-electron chi connectivity index (χ0n) is 18.0. The molecule has 6 heteroatoms. The number of rotatable bonds is 4. The molecule has 1 amide bonds. The summed E-state index contributed by atoms with van der Waals surface area (Å²) < 4.78 is 14.2. The van der Waals surface area contributed by atoms with Gasteiger partial charge in [0, 0.05) is 54.7 Å². The highest BCUT2D eigenvalue weighted by Crippen LogP contribution is 2.42. The Labute approximate surface area is 181 Å². The molecule has 1 atom stereocenters. The molecule has 0 saturated carbocycles. The zero-order valence-corrected chi connectivity index (χ0v) is 18.0. The van der Waals surface area contributed by atoms with Gasteiger partial charge in [-0.15, -0.1) is 0 Å². The third-order valence-electron chi connectivity index (χ3n) is 5.89. The van der Waals surface area contributed by atoms with Gasteiger partial charge in [0.15, 0.2) is 5.78 Å². The molecule has 0 bridgehead atoms. The Bertz CT molecular complexity index is 1100. The van der Waals surface area contributed by atoms with Crippen LogP contribution in [0.3, 0.4) is 0 Å². The predicted molar refractivity (Wildman–Crippen MR) is 120 cm³/mol. The molecule has 1 unspecified atom stereocenters. The maximum atomic E-state index is 14.2. The summed E-state index contributed by atoms with van der Waals surface area (Å²) in [5.41, 5.74) is 4.67. The van der Waals surface area contributed by atoms with Gasteiger partial charge in [-0.1, -0.05) is 24.3 Å². The van der Waals surface area contributed by atoms with Crippen molar-refractivity contribution >= 4 is 23.1 Å². The highest BCUT2D eigenvalue weighted by Gasteiger charge is 2.38. The van der Waals surface area contributed by atoms with Gasteiger partial charge in [0.25, 0.3) is 5.91 Å². The smallest absolute Gasteiger partial charge is 0.254 e. The second-order valence-corrected chi connectivity index (χ2v) is 8.19. The molecule has 31 heavy (non-hydrogen) atoms. The number of nitrogens with zero attached hydrogens (tertiary/aromatic N) is 1. The SMILES string of the molecule is CC1=C(C(=O)Nc2ccccc2F)C(c2ccc(N(C)C)cc2)C2=C(CCCC2=O)N1. The number of hydrogen-bond acceptors (Lipinski definition) is 4. The molecule has 0 fully saturated rings. The van der Waals surface area contributed by atoms with Crippen molar-refractivity contribution in [2.75, 3.05) is 24.3 Å². The summed E-state index contributed by atoms with van der Waals surface area (Å²) >= 11 is 0. The lowest BCUT2D eigenvalue weighted by Gasteiger charge is -2.34. The molecule has 5 nitrogen and oxygen atoms in total. The van der Waals surface area contributed by atoms with E-state index in [1.807, 2.05) is 50.2 Å². The number of hydrogen-bond donors (Lipinski definition) is 2. The molecule has 0 saturated heterocycles. The van der Waals surface area contributed by atoms with Gasteiger partial charge in [0.2, 0.25) is 0 Å². The fraction of sp³-hybridized carbons (Fsp3) is 0.280. The maximum Gasteiger partial charge on any atom is 0.254 e. The van der Waals surface area contributed by atoms with E-state index in [1.165, 1.54) is 12.1 Å². The second kappa shape index (κ2) is 8.38. The van der Waals surface area contributed by atoms with Gasteiger partial charge in [-0.25, -0.2) is 4.39 Å². The number of nitrogens with one attached hydrogen (secondary N) is 2. The predicted octanol–water partition coefficient (Wildman–Crippen LogP) is 4.50. The van der Waals surface area contributed by atoms with E-state index in [4.69, 9.17) is 0 Å². The summed E-state index contributed by atoms with van der Waals surface area (Å²) in [6.45, 7) is 1.83. The number of para-hydroxylation sites is 1. The first kappa shape index (κ1) is 20.8. The first-order chi connectivity index (χ1) is 14.9. The molecule has 2 N–H and O–H groups in total. The summed E-state index contributed by atoms with van der Waals surface area (Å²) in [6.07, 6.45) is 2.03. The van der Waals surface area contributed by atoms with E-state index in [0.29, 0.717) is 23.3 Å². The Morgan fingerprint density at radius 2 is 1.81 bits per heavy atom. The Morgan fingerprint density at radius 1 is 1.10 bits per heavy atom. The highest BCUT2D eigenvalue weighted by atomic mass is 19.1. The van der Waals surface area contributed by atoms with Crippen LogP contribution in [0.15, 0.2) is 71.1 Å². The maximum absolute atomic E-state index is 14.2. The number of ketones is 1. The molecule has 1 heterocycles. The van der Waals surface area contributed by atoms with E-state index in [9.17, 15) is 14.0 Å². The van der Waals surface area contributed by atoms with E-state index in [1.54, 1.807) is 12.1 Å². The highest BCUT2D eigenvalue weighted by molar-refractivity contribution is 6.09. The van der Waals surface area contributed by atoms with Crippen molar-refractivity contribution in [1.29, 1.82) is 0 Å². The van der Waals surface area contributed by atoms with Crippen LogP contribution in [0.25, 0.3) is 0 Å². The molecule has 0 spiro atoms. The number of anilines is 2. The number of dihydropyridines is 1. The van der Waals surface area contributed by atoms with Crippen LogP contribution >= 0.6 is 0 Å². The van der Waals surface area contributed by atoms with Crippen molar-refractivity contribution < 1.29 is 14.0 Å². The monoisotopic (exact) mass is 419 g/mol. The van der Waals surface area contributed by atoms with Crippen LogP contribution in [0, 0.1) is 5.82 Å². The molecule has 160 valence electrons. The number of halogens is 1. The zero-order chi connectivity index (χ0) is 22.1. The average Bonchev–Trinajstić information content (AvgIpc) is 2.74. The van der Waals surface area contributed by atoms with E-state index < -0.39 is 17.6 Å².